The Bertz CT molecular complexity index is 501. The number of aliphatic hydroxyl groups is 1. The Hall–Kier alpha value is -1.26. The van der Waals surface area contributed by atoms with Crippen LogP contribution in [-0.4, -0.2) is 30.3 Å². The van der Waals surface area contributed by atoms with E-state index in [-0.39, 0.29) is 25.2 Å². The van der Waals surface area contributed by atoms with Crippen molar-refractivity contribution < 1.29 is 14.6 Å². The van der Waals surface area contributed by atoms with Gasteiger partial charge in [-0.2, -0.15) is 0 Å². The molecule has 1 aliphatic carbocycles. The lowest BCUT2D eigenvalue weighted by Gasteiger charge is -2.24. The van der Waals surface area contributed by atoms with Crippen LogP contribution in [-0.2, 0) is 4.79 Å². The molecule has 1 unspecified atom stereocenters. The Balaban J connectivity index is 2.02. The van der Waals surface area contributed by atoms with Crippen LogP contribution in [0.25, 0.3) is 0 Å². The van der Waals surface area contributed by atoms with E-state index in [0.29, 0.717) is 10.9 Å². The predicted molar refractivity (Wildman–Crippen MR) is 87.5 cm³/mol. The molecule has 2 rings (SSSR count). The van der Waals surface area contributed by atoms with Gasteiger partial charge < -0.3 is 15.2 Å². The topological polar surface area (TPSA) is 58.6 Å². The van der Waals surface area contributed by atoms with Gasteiger partial charge in [-0.15, -0.1) is 0 Å². The molecule has 0 spiro atoms. The monoisotopic (exact) mass is 325 g/mol. The van der Waals surface area contributed by atoms with Gasteiger partial charge in [0.05, 0.1) is 6.61 Å². The zero-order chi connectivity index (χ0) is 15.9. The highest BCUT2D eigenvalue weighted by Crippen LogP contribution is 2.38. The van der Waals surface area contributed by atoms with Gasteiger partial charge in [-0.05, 0) is 49.4 Å². The Morgan fingerprint density at radius 2 is 2.14 bits per heavy atom. The number of ether oxygens (including phenoxy) is 1. The molecule has 1 amide bonds. The van der Waals surface area contributed by atoms with Crippen molar-refractivity contribution in [3.8, 4) is 5.75 Å². The number of amides is 1. The van der Waals surface area contributed by atoms with E-state index in [2.05, 4.69) is 5.32 Å². The van der Waals surface area contributed by atoms with Crippen LogP contribution in [0.2, 0.25) is 5.02 Å². The minimum atomic E-state index is -0.265. The van der Waals surface area contributed by atoms with Crippen LogP contribution in [0.15, 0.2) is 18.2 Å². The quantitative estimate of drug-likeness (QED) is 0.844. The van der Waals surface area contributed by atoms with Crippen LogP contribution >= 0.6 is 11.6 Å². The lowest BCUT2D eigenvalue weighted by molar-refractivity contribution is -0.124. The number of hydrogen-bond donors (Lipinski definition) is 2. The van der Waals surface area contributed by atoms with Crippen molar-refractivity contribution in [3.63, 3.8) is 0 Å². The van der Waals surface area contributed by atoms with Crippen molar-refractivity contribution >= 4 is 17.5 Å². The van der Waals surface area contributed by atoms with Crippen molar-refractivity contribution in [1.82, 2.24) is 5.32 Å². The number of nitrogens with one attached hydrogen (secondary N) is 1. The lowest BCUT2D eigenvalue weighted by atomic mass is 9.84. The van der Waals surface area contributed by atoms with Gasteiger partial charge >= 0.3 is 0 Å². The van der Waals surface area contributed by atoms with Crippen LogP contribution in [0.5, 0.6) is 5.75 Å². The summed E-state index contributed by atoms with van der Waals surface area (Å²) in [5, 5.41) is 12.3. The first-order valence-corrected chi connectivity index (χ1v) is 8.30. The smallest absolute Gasteiger partial charge is 0.258 e. The van der Waals surface area contributed by atoms with Crippen molar-refractivity contribution in [2.45, 2.75) is 51.0 Å². The number of carbonyl (C=O) groups excluding carboxylic acids is 1. The second kappa shape index (κ2) is 8.39. The zero-order valence-electron chi connectivity index (χ0n) is 13.0. The van der Waals surface area contributed by atoms with Gasteiger partial charge in [0.15, 0.2) is 6.61 Å². The van der Waals surface area contributed by atoms with Crippen LogP contribution in [0.4, 0.5) is 0 Å². The maximum atomic E-state index is 11.8. The maximum absolute atomic E-state index is 11.8. The minimum Gasteiger partial charge on any atom is -0.483 e. The number of rotatable bonds is 6. The standard InChI is InChI=1S/C17H24ClNO3/c1-12(10-20)19-17(21)11-22-16-8-7-14(18)9-15(16)13-5-3-2-4-6-13/h7-9,12-13,20H,2-6,10-11H2,1H3,(H,19,21). The highest BCUT2D eigenvalue weighted by atomic mass is 35.5. The summed E-state index contributed by atoms with van der Waals surface area (Å²) < 4.78 is 5.70. The summed E-state index contributed by atoms with van der Waals surface area (Å²) in [5.74, 6) is 0.969. The first-order valence-electron chi connectivity index (χ1n) is 7.92. The molecule has 0 saturated heterocycles. The predicted octanol–water partition coefficient (Wildman–Crippen LogP) is 3.26. The van der Waals surface area contributed by atoms with Gasteiger partial charge in [-0.25, -0.2) is 0 Å². The third-order valence-electron chi connectivity index (χ3n) is 4.06. The molecule has 1 saturated carbocycles. The summed E-state index contributed by atoms with van der Waals surface area (Å²) in [4.78, 5) is 11.8. The molecule has 0 heterocycles. The maximum Gasteiger partial charge on any atom is 0.258 e. The molecule has 1 aromatic rings. The molecule has 2 N–H and O–H groups in total. The molecule has 0 aromatic heterocycles. The molecule has 22 heavy (non-hydrogen) atoms. The summed E-state index contributed by atoms with van der Waals surface area (Å²) in [6, 6.07) is 5.33. The fourth-order valence-electron chi connectivity index (χ4n) is 2.89. The van der Waals surface area contributed by atoms with Crippen molar-refractivity contribution in [3.05, 3.63) is 28.8 Å². The second-order valence-electron chi connectivity index (χ2n) is 5.96. The number of benzene rings is 1. The Morgan fingerprint density at radius 1 is 1.41 bits per heavy atom. The molecule has 122 valence electrons. The van der Waals surface area contributed by atoms with E-state index in [4.69, 9.17) is 21.4 Å². The number of halogens is 1. The molecule has 5 heteroatoms. The van der Waals surface area contributed by atoms with E-state index in [0.717, 1.165) is 24.2 Å². The van der Waals surface area contributed by atoms with Crippen molar-refractivity contribution in [1.29, 1.82) is 0 Å². The van der Waals surface area contributed by atoms with Crippen molar-refractivity contribution in [2.24, 2.45) is 0 Å². The van der Waals surface area contributed by atoms with Gasteiger partial charge in [0.25, 0.3) is 5.91 Å². The van der Waals surface area contributed by atoms with Crippen LogP contribution < -0.4 is 10.1 Å². The summed E-state index contributed by atoms with van der Waals surface area (Å²) in [6.45, 7) is 1.61. The SMILES string of the molecule is CC(CO)NC(=O)COc1ccc(Cl)cc1C1CCCCC1. The lowest BCUT2D eigenvalue weighted by Crippen LogP contribution is -2.38. The Morgan fingerprint density at radius 3 is 2.82 bits per heavy atom. The van der Waals surface area contributed by atoms with Crippen molar-refractivity contribution in [2.75, 3.05) is 13.2 Å². The average Bonchev–Trinajstić information content (AvgIpc) is 2.54. The molecule has 0 bridgehead atoms. The summed E-state index contributed by atoms with van der Waals surface area (Å²) in [6.07, 6.45) is 6.03. The third-order valence-corrected chi connectivity index (χ3v) is 4.29. The molecular formula is C17H24ClNO3. The number of carbonyl (C=O) groups is 1. The Labute approximate surface area is 136 Å². The third kappa shape index (κ3) is 4.89. The van der Waals surface area contributed by atoms with E-state index in [1.165, 1.54) is 19.3 Å². The fraction of sp³-hybridized carbons (Fsp3) is 0.588. The van der Waals surface area contributed by atoms with Crippen LogP contribution in [0, 0.1) is 0 Å². The fourth-order valence-corrected chi connectivity index (χ4v) is 3.07. The van der Waals surface area contributed by atoms with Gasteiger partial charge in [0, 0.05) is 11.1 Å². The van der Waals surface area contributed by atoms with Gasteiger partial charge in [-0.1, -0.05) is 30.9 Å². The van der Waals surface area contributed by atoms with Crippen LogP contribution in [0.3, 0.4) is 0 Å². The van der Waals surface area contributed by atoms with E-state index >= 15 is 0 Å². The Kier molecular flexibility index (Phi) is 6.52. The normalized spacial score (nSPS) is 17.0. The molecule has 1 fully saturated rings. The van der Waals surface area contributed by atoms with Gasteiger partial charge in [-0.3, -0.25) is 4.79 Å². The highest BCUT2D eigenvalue weighted by Gasteiger charge is 2.20. The average molecular weight is 326 g/mol. The number of aliphatic hydroxyl groups excluding tert-OH is 1. The van der Waals surface area contributed by atoms with Gasteiger partial charge in [0.1, 0.15) is 5.75 Å². The van der Waals surface area contributed by atoms with E-state index < -0.39 is 0 Å². The minimum absolute atomic E-state index is 0.0499. The number of hydrogen-bond acceptors (Lipinski definition) is 3. The zero-order valence-corrected chi connectivity index (χ0v) is 13.7. The second-order valence-corrected chi connectivity index (χ2v) is 6.39. The van der Waals surface area contributed by atoms with E-state index in [1.807, 2.05) is 12.1 Å². The summed E-state index contributed by atoms with van der Waals surface area (Å²) in [7, 11) is 0. The largest absolute Gasteiger partial charge is 0.483 e. The molecule has 1 aliphatic rings. The van der Waals surface area contributed by atoms with E-state index in [1.54, 1.807) is 13.0 Å². The molecule has 0 radical (unpaired) electrons. The first kappa shape index (κ1) is 17.1. The summed E-state index contributed by atoms with van der Waals surface area (Å²) in [5.41, 5.74) is 1.11. The molecule has 4 nitrogen and oxygen atoms in total. The van der Waals surface area contributed by atoms with E-state index in [9.17, 15) is 4.79 Å². The van der Waals surface area contributed by atoms with Crippen LogP contribution in [0.1, 0.15) is 50.5 Å². The van der Waals surface area contributed by atoms with Gasteiger partial charge in [0.2, 0.25) is 0 Å². The molecule has 1 atom stereocenters. The molecule has 1 aromatic carbocycles. The summed E-state index contributed by atoms with van der Waals surface area (Å²) >= 11 is 6.12. The molecule has 0 aliphatic heterocycles. The highest BCUT2D eigenvalue weighted by molar-refractivity contribution is 6.30. The molecular weight excluding hydrogens is 302 g/mol. The first-order chi connectivity index (χ1) is 10.6.